The standard InChI is InChI=1S/C14H11.C4H10N.2CH3.ClH.Si.Zr/c1-10-8-12-7-6-11-4-2-3-5-13(11)14(12)9-10;1-4(2,3)5;;;;;/h2-7H,8H2,1H3;5H,1-3H3;2*1H3;1H;;/q4*-1;;;+4. The molecule has 2 aromatic rings. The van der Waals surface area contributed by atoms with E-state index in [0.29, 0.717) is 0 Å². The molecule has 1 aliphatic rings. The first kappa shape index (κ1) is 31.5. The van der Waals surface area contributed by atoms with Crippen LogP contribution in [0.1, 0.15) is 38.8 Å². The van der Waals surface area contributed by atoms with Crippen LogP contribution in [0.15, 0.2) is 42.0 Å². The minimum Gasteiger partial charge on any atom is -0.673 e. The minimum absolute atomic E-state index is 0. The van der Waals surface area contributed by atoms with Crippen LogP contribution in [0, 0.1) is 20.9 Å². The van der Waals surface area contributed by atoms with Gasteiger partial charge in [-0.2, -0.15) is 11.6 Å². The van der Waals surface area contributed by atoms with Crippen LogP contribution in [0.25, 0.3) is 16.5 Å². The fraction of sp³-hybridized carbons (Fsp3) is 0.300. The van der Waals surface area contributed by atoms with Crippen LogP contribution in [0.4, 0.5) is 0 Å². The van der Waals surface area contributed by atoms with Crippen molar-refractivity contribution in [2.45, 2.75) is 39.7 Å². The van der Waals surface area contributed by atoms with Crippen LogP contribution in [-0.4, -0.2) is 16.5 Å². The minimum atomic E-state index is -0.250. The van der Waals surface area contributed by atoms with Gasteiger partial charge in [0.1, 0.15) is 0 Å². The summed E-state index contributed by atoms with van der Waals surface area (Å²) in [7, 11) is 0. The Kier molecular flexibility index (Phi) is 17.2. The van der Waals surface area contributed by atoms with Crippen LogP contribution >= 0.6 is 12.4 Å². The zero-order valence-corrected chi connectivity index (χ0v) is 19.9. The Morgan fingerprint density at radius 1 is 1.00 bits per heavy atom. The molecule has 1 nitrogen and oxygen atoms in total. The average molecular weight is 437 g/mol. The van der Waals surface area contributed by atoms with Crippen LogP contribution in [0.2, 0.25) is 0 Å². The molecule has 1 aliphatic carbocycles. The Morgan fingerprint density at radius 2 is 1.50 bits per heavy atom. The maximum absolute atomic E-state index is 6.94. The first-order chi connectivity index (χ1) is 8.84. The maximum atomic E-state index is 6.94. The number of benzene rings is 2. The van der Waals surface area contributed by atoms with E-state index in [1.54, 1.807) is 0 Å². The molecule has 0 fully saturated rings. The van der Waals surface area contributed by atoms with E-state index in [2.05, 4.69) is 49.4 Å². The number of rotatable bonds is 0. The van der Waals surface area contributed by atoms with Gasteiger partial charge in [0.15, 0.2) is 0 Å². The quantitative estimate of drug-likeness (QED) is 0.343. The molecule has 0 amide bonds. The largest absolute Gasteiger partial charge is 4.00 e. The van der Waals surface area contributed by atoms with E-state index in [0.717, 1.165) is 6.42 Å². The van der Waals surface area contributed by atoms with E-state index >= 15 is 0 Å². The molecule has 0 heterocycles. The second-order valence-corrected chi connectivity index (χ2v) is 6.15. The number of allylic oxidation sites excluding steroid dienone is 1. The number of hydrogen-bond acceptors (Lipinski definition) is 0. The molecule has 0 aromatic heterocycles. The smallest absolute Gasteiger partial charge is 0.673 e. The van der Waals surface area contributed by atoms with E-state index < -0.39 is 0 Å². The third-order valence-corrected chi connectivity index (χ3v) is 2.81. The molecule has 0 atom stereocenters. The molecule has 24 heavy (non-hydrogen) atoms. The van der Waals surface area contributed by atoms with Crippen LogP contribution in [0.3, 0.4) is 0 Å². The summed E-state index contributed by atoms with van der Waals surface area (Å²) < 4.78 is 0. The number of hydrogen-bond donors (Lipinski definition) is 0. The average Bonchev–Trinajstić information content (AvgIpc) is 2.67. The van der Waals surface area contributed by atoms with Gasteiger partial charge in [-0.25, -0.2) is 0 Å². The Balaban J connectivity index is -0.000000181. The SMILES string of the molecule is CC(C)(C)[NH-].CC1=[C-]c2c(ccc3ccccc23)C1.Cl.[CH3-].[CH3-].[Si].[Zr+4]. The number of fused-ring (bicyclic) bond motifs is 3. The summed E-state index contributed by atoms with van der Waals surface area (Å²) >= 11 is 0. The Bertz CT molecular complexity index is 627. The molecule has 3 rings (SSSR count). The summed E-state index contributed by atoms with van der Waals surface area (Å²) in [6.45, 7) is 7.71. The van der Waals surface area contributed by atoms with Crippen molar-refractivity contribution in [1.82, 2.24) is 0 Å². The molecule has 2 aromatic carbocycles. The maximum Gasteiger partial charge on any atom is 4.00 e. The van der Waals surface area contributed by atoms with Crippen molar-refractivity contribution in [2.75, 3.05) is 0 Å². The van der Waals surface area contributed by atoms with E-state index in [1.165, 1.54) is 27.5 Å². The predicted molar refractivity (Wildman–Crippen MR) is 109 cm³/mol. The second kappa shape index (κ2) is 13.1. The van der Waals surface area contributed by atoms with Crippen molar-refractivity contribution < 1.29 is 26.2 Å². The molecule has 0 unspecified atom stereocenters. The summed E-state index contributed by atoms with van der Waals surface area (Å²) in [5.41, 5.74) is 10.8. The molecular formula is C20H28ClNSiZr. The molecule has 4 radical (unpaired) electrons. The van der Waals surface area contributed by atoms with Gasteiger partial charge in [0.05, 0.1) is 0 Å². The number of nitrogens with one attached hydrogen (secondary N) is 1. The zero-order valence-electron chi connectivity index (χ0n) is 15.6. The molecule has 0 spiro atoms. The van der Waals surface area contributed by atoms with E-state index in [4.69, 9.17) is 5.73 Å². The van der Waals surface area contributed by atoms with Gasteiger partial charge in [-0.15, -0.1) is 46.6 Å². The topological polar surface area (TPSA) is 23.8 Å². The summed E-state index contributed by atoms with van der Waals surface area (Å²) in [6, 6.07) is 12.9. The molecule has 1 N–H and O–H groups in total. The first-order valence-electron chi connectivity index (χ1n) is 6.70. The Hall–Kier alpha value is -0.210. The molecule has 0 saturated heterocycles. The van der Waals surface area contributed by atoms with Crippen molar-refractivity contribution in [3.63, 3.8) is 0 Å². The van der Waals surface area contributed by atoms with Gasteiger partial charge in [0.25, 0.3) is 0 Å². The second-order valence-electron chi connectivity index (χ2n) is 6.15. The first-order valence-corrected chi connectivity index (χ1v) is 6.70. The summed E-state index contributed by atoms with van der Waals surface area (Å²) in [4.78, 5) is 0. The van der Waals surface area contributed by atoms with E-state index in [9.17, 15) is 0 Å². The molecule has 0 bridgehead atoms. The van der Waals surface area contributed by atoms with Gasteiger partial charge in [-0.1, -0.05) is 63.8 Å². The van der Waals surface area contributed by atoms with Crippen molar-refractivity contribution in [3.8, 4) is 0 Å². The van der Waals surface area contributed by atoms with Crippen LogP contribution in [-0.2, 0) is 32.6 Å². The van der Waals surface area contributed by atoms with Gasteiger partial charge in [0, 0.05) is 11.0 Å². The van der Waals surface area contributed by atoms with Gasteiger partial charge in [-0.05, 0) is 0 Å². The van der Waals surface area contributed by atoms with Gasteiger partial charge >= 0.3 is 26.2 Å². The van der Waals surface area contributed by atoms with Crippen molar-refractivity contribution in [1.29, 1.82) is 0 Å². The third-order valence-electron chi connectivity index (χ3n) is 2.81. The third kappa shape index (κ3) is 9.32. The van der Waals surface area contributed by atoms with Crippen molar-refractivity contribution in [2.24, 2.45) is 0 Å². The zero-order chi connectivity index (χ0) is 14.0. The Labute approximate surface area is 179 Å². The molecule has 0 aliphatic heterocycles. The predicted octanol–water partition coefficient (Wildman–Crippen LogP) is 6.27. The van der Waals surface area contributed by atoms with E-state index in [1.807, 2.05) is 20.8 Å². The fourth-order valence-corrected chi connectivity index (χ4v) is 2.15. The Morgan fingerprint density at radius 3 is 2.04 bits per heavy atom. The van der Waals surface area contributed by atoms with Gasteiger partial charge in [0.2, 0.25) is 0 Å². The summed E-state index contributed by atoms with van der Waals surface area (Å²) in [6.07, 6.45) is 4.53. The van der Waals surface area contributed by atoms with Gasteiger partial charge < -0.3 is 20.6 Å². The molecule has 4 heteroatoms. The molecular weight excluding hydrogens is 409 g/mol. The monoisotopic (exact) mass is 435 g/mol. The van der Waals surface area contributed by atoms with Crippen LogP contribution < -0.4 is 0 Å². The van der Waals surface area contributed by atoms with Crippen LogP contribution in [0.5, 0.6) is 0 Å². The normalized spacial score (nSPS) is 10.8. The van der Waals surface area contributed by atoms with E-state index in [-0.39, 0.29) is 70.0 Å². The molecule has 0 saturated carbocycles. The van der Waals surface area contributed by atoms with Gasteiger partial charge in [-0.3, -0.25) is 0 Å². The fourth-order valence-electron chi connectivity index (χ4n) is 2.15. The summed E-state index contributed by atoms with van der Waals surface area (Å²) in [5, 5.41) is 2.65. The molecule has 128 valence electrons. The van der Waals surface area contributed by atoms with Crippen molar-refractivity contribution in [3.05, 3.63) is 79.8 Å². The summed E-state index contributed by atoms with van der Waals surface area (Å²) in [5.74, 6) is 0. The number of halogens is 1. The van der Waals surface area contributed by atoms with Crippen molar-refractivity contribution >= 4 is 34.1 Å².